The monoisotopic (exact) mass is 508 g/mol. The van der Waals surface area contributed by atoms with Crippen LogP contribution in [0, 0.1) is 0 Å². The van der Waals surface area contributed by atoms with Gasteiger partial charge in [0.2, 0.25) is 0 Å². The summed E-state index contributed by atoms with van der Waals surface area (Å²) in [4.78, 5) is 7.05. The van der Waals surface area contributed by atoms with E-state index in [-0.39, 0.29) is 24.0 Å². The lowest BCUT2D eigenvalue weighted by molar-refractivity contribution is 0.184. The van der Waals surface area contributed by atoms with Gasteiger partial charge in [-0.2, -0.15) is 0 Å². The van der Waals surface area contributed by atoms with Gasteiger partial charge in [-0.3, -0.25) is 4.90 Å². The molecule has 0 bridgehead atoms. The Morgan fingerprint density at radius 2 is 1.83 bits per heavy atom. The number of hydrogen-bond donors (Lipinski definition) is 2. The first-order chi connectivity index (χ1) is 13.7. The highest BCUT2D eigenvalue weighted by molar-refractivity contribution is 14.0. The average Bonchev–Trinajstić information content (AvgIpc) is 2.74. The molecule has 0 saturated heterocycles. The summed E-state index contributed by atoms with van der Waals surface area (Å²) in [5, 5.41) is 3.14. The van der Waals surface area contributed by atoms with E-state index in [1.807, 2.05) is 24.3 Å². The number of hydrogen-bond acceptors (Lipinski definition) is 3. The fraction of sp³-hybridized carbons (Fsp3) is 0.435. The minimum atomic E-state index is 0. The van der Waals surface area contributed by atoms with E-state index in [1.54, 1.807) is 7.11 Å². The third kappa shape index (κ3) is 7.19. The zero-order chi connectivity index (χ0) is 19.8. The Morgan fingerprint density at radius 3 is 2.55 bits per heavy atom. The molecule has 0 unspecified atom stereocenters. The van der Waals surface area contributed by atoms with Gasteiger partial charge in [0.05, 0.1) is 13.7 Å². The highest BCUT2D eigenvalue weighted by atomic mass is 127. The van der Waals surface area contributed by atoms with Crippen molar-refractivity contribution in [3.05, 3.63) is 59.7 Å². The molecule has 0 atom stereocenters. The van der Waals surface area contributed by atoms with Gasteiger partial charge < -0.3 is 15.8 Å². The van der Waals surface area contributed by atoms with Crippen LogP contribution in [-0.4, -0.2) is 31.1 Å². The number of guanidine groups is 1. The van der Waals surface area contributed by atoms with Crippen molar-refractivity contribution < 1.29 is 4.74 Å². The number of benzene rings is 2. The second-order valence-electron chi connectivity index (χ2n) is 7.53. The van der Waals surface area contributed by atoms with E-state index in [1.165, 1.54) is 43.2 Å². The van der Waals surface area contributed by atoms with Crippen LogP contribution in [0.4, 0.5) is 5.69 Å². The number of methoxy groups -OCH3 is 1. The molecule has 1 aliphatic carbocycles. The fourth-order valence-electron chi connectivity index (χ4n) is 3.84. The number of anilines is 1. The van der Waals surface area contributed by atoms with Crippen LogP contribution in [0.25, 0.3) is 0 Å². The summed E-state index contributed by atoms with van der Waals surface area (Å²) < 4.78 is 5.24. The molecule has 29 heavy (non-hydrogen) atoms. The van der Waals surface area contributed by atoms with Gasteiger partial charge in [-0.15, -0.1) is 24.0 Å². The normalized spacial score (nSPS) is 15.1. The van der Waals surface area contributed by atoms with Crippen LogP contribution in [0.3, 0.4) is 0 Å². The van der Waals surface area contributed by atoms with E-state index < -0.39 is 0 Å². The Balaban J connectivity index is 0.00000300. The maximum absolute atomic E-state index is 6.10. The third-order valence-corrected chi connectivity index (χ3v) is 5.50. The van der Waals surface area contributed by atoms with Crippen LogP contribution in [-0.2, 0) is 13.1 Å². The van der Waals surface area contributed by atoms with Crippen molar-refractivity contribution in [3.63, 3.8) is 0 Å². The fourth-order valence-corrected chi connectivity index (χ4v) is 3.84. The predicted molar refractivity (Wildman–Crippen MR) is 132 cm³/mol. The topological polar surface area (TPSA) is 62.9 Å². The molecule has 3 N–H and O–H groups in total. The number of rotatable bonds is 7. The Bertz CT molecular complexity index is 790. The SMILES string of the molecule is COc1cccc(NC(N)=NCc2ccccc2CN(C)C2CCCCC2)c1.I. The molecule has 158 valence electrons. The van der Waals surface area contributed by atoms with Gasteiger partial charge in [0.25, 0.3) is 0 Å². The quantitative estimate of drug-likeness (QED) is 0.314. The van der Waals surface area contributed by atoms with Gasteiger partial charge in [-0.1, -0.05) is 49.6 Å². The van der Waals surface area contributed by atoms with Gasteiger partial charge in [-0.25, -0.2) is 4.99 Å². The molecule has 1 saturated carbocycles. The lowest BCUT2D eigenvalue weighted by Crippen LogP contribution is -2.33. The van der Waals surface area contributed by atoms with E-state index in [2.05, 4.69) is 46.5 Å². The number of nitrogens with two attached hydrogens (primary N) is 1. The summed E-state index contributed by atoms with van der Waals surface area (Å²) in [6.07, 6.45) is 6.72. The molecular formula is C23H33IN4O. The van der Waals surface area contributed by atoms with Gasteiger partial charge in [0.1, 0.15) is 5.75 Å². The van der Waals surface area contributed by atoms with Crippen molar-refractivity contribution in [1.29, 1.82) is 0 Å². The molecule has 0 radical (unpaired) electrons. The van der Waals surface area contributed by atoms with Crippen LogP contribution < -0.4 is 15.8 Å². The van der Waals surface area contributed by atoms with Crippen LogP contribution in [0.15, 0.2) is 53.5 Å². The lowest BCUT2D eigenvalue weighted by atomic mass is 9.94. The third-order valence-electron chi connectivity index (χ3n) is 5.50. The highest BCUT2D eigenvalue weighted by Crippen LogP contribution is 2.24. The summed E-state index contributed by atoms with van der Waals surface area (Å²) in [5.41, 5.74) is 9.52. The Kier molecular flexibility index (Phi) is 9.73. The molecule has 0 amide bonds. The van der Waals surface area contributed by atoms with Crippen molar-refractivity contribution in [2.45, 2.75) is 51.2 Å². The molecule has 1 aliphatic rings. The van der Waals surface area contributed by atoms with E-state index >= 15 is 0 Å². The molecule has 2 aromatic carbocycles. The van der Waals surface area contributed by atoms with Crippen LogP contribution in [0.2, 0.25) is 0 Å². The second-order valence-corrected chi connectivity index (χ2v) is 7.53. The van der Waals surface area contributed by atoms with Crippen molar-refractivity contribution in [1.82, 2.24) is 4.90 Å². The van der Waals surface area contributed by atoms with E-state index in [0.29, 0.717) is 18.5 Å². The van der Waals surface area contributed by atoms with Crippen LogP contribution >= 0.6 is 24.0 Å². The maximum atomic E-state index is 6.10. The first-order valence-electron chi connectivity index (χ1n) is 10.1. The summed E-state index contributed by atoms with van der Waals surface area (Å²) >= 11 is 0. The zero-order valence-corrected chi connectivity index (χ0v) is 19.8. The summed E-state index contributed by atoms with van der Waals surface area (Å²) in [6, 6.07) is 16.9. The summed E-state index contributed by atoms with van der Waals surface area (Å²) in [6.45, 7) is 1.52. The molecule has 2 aromatic rings. The molecule has 1 fully saturated rings. The Labute approximate surface area is 191 Å². The minimum Gasteiger partial charge on any atom is -0.497 e. The molecular weight excluding hydrogens is 475 g/mol. The zero-order valence-electron chi connectivity index (χ0n) is 17.4. The molecule has 0 aromatic heterocycles. The minimum absolute atomic E-state index is 0. The molecule has 3 rings (SSSR count). The smallest absolute Gasteiger partial charge is 0.193 e. The number of aliphatic imine (C=N–C) groups is 1. The largest absolute Gasteiger partial charge is 0.497 e. The predicted octanol–water partition coefficient (Wildman–Crippen LogP) is 5.00. The Hall–Kier alpha value is -1.80. The van der Waals surface area contributed by atoms with E-state index in [4.69, 9.17) is 10.5 Å². The van der Waals surface area contributed by atoms with Crippen molar-refractivity contribution >= 4 is 35.6 Å². The maximum Gasteiger partial charge on any atom is 0.193 e. The first kappa shape index (κ1) is 23.5. The van der Waals surface area contributed by atoms with Crippen LogP contribution in [0.1, 0.15) is 43.2 Å². The lowest BCUT2D eigenvalue weighted by Gasteiger charge is -2.31. The van der Waals surface area contributed by atoms with Crippen molar-refractivity contribution in [3.8, 4) is 5.75 Å². The number of halogens is 1. The van der Waals surface area contributed by atoms with Gasteiger partial charge in [-0.05, 0) is 43.1 Å². The van der Waals surface area contributed by atoms with E-state index in [0.717, 1.165) is 18.0 Å². The molecule has 0 heterocycles. The number of nitrogens with one attached hydrogen (secondary N) is 1. The standard InChI is InChI=1S/C23H32N4O.HI/c1-27(21-12-4-3-5-13-21)17-19-10-7-6-9-18(19)16-25-23(24)26-20-11-8-14-22(15-20)28-2;/h6-11,14-15,21H,3-5,12-13,16-17H2,1-2H3,(H3,24,25,26);1H. The van der Waals surface area contributed by atoms with Gasteiger partial charge in [0, 0.05) is 24.3 Å². The second kappa shape index (κ2) is 12.0. The van der Waals surface area contributed by atoms with Crippen molar-refractivity contribution in [2.24, 2.45) is 10.7 Å². The van der Waals surface area contributed by atoms with Crippen LogP contribution in [0.5, 0.6) is 5.75 Å². The Morgan fingerprint density at radius 1 is 1.10 bits per heavy atom. The first-order valence-corrected chi connectivity index (χ1v) is 10.1. The van der Waals surface area contributed by atoms with Gasteiger partial charge >= 0.3 is 0 Å². The molecule has 0 aliphatic heterocycles. The summed E-state index contributed by atoms with van der Waals surface area (Å²) in [5.74, 6) is 1.19. The average molecular weight is 508 g/mol. The molecule has 6 heteroatoms. The molecule has 5 nitrogen and oxygen atoms in total. The van der Waals surface area contributed by atoms with Gasteiger partial charge in [0.15, 0.2) is 5.96 Å². The van der Waals surface area contributed by atoms with E-state index in [9.17, 15) is 0 Å². The van der Waals surface area contributed by atoms with Crippen molar-refractivity contribution in [2.75, 3.05) is 19.5 Å². The highest BCUT2D eigenvalue weighted by Gasteiger charge is 2.18. The number of nitrogens with zero attached hydrogens (tertiary/aromatic N) is 2. The summed E-state index contributed by atoms with van der Waals surface area (Å²) in [7, 11) is 3.90. The molecule has 0 spiro atoms. The number of ether oxygens (including phenoxy) is 1.